The lowest BCUT2D eigenvalue weighted by atomic mass is 10.3. The first-order valence-electron chi connectivity index (χ1n) is 5.09. The second-order valence-electron chi connectivity index (χ2n) is 3.23. The van der Waals surface area contributed by atoms with E-state index in [2.05, 4.69) is 4.98 Å². The van der Waals surface area contributed by atoms with Gasteiger partial charge in [0.15, 0.2) is 6.10 Å². The average molecular weight is 232 g/mol. The van der Waals surface area contributed by atoms with Crippen LogP contribution in [0.15, 0.2) is 24.4 Å². The van der Waals surface area contributed by atoms with Gasteiger partial charge in [0, 0.05) is 6.08 Å². The number of aromatic nitrogens is 1. The molecule has 0 fully saturated rings. The number of nitriles is 1. The smallest absolute Gasteiger partial charge is 0.328 e. The molecule has 0 aliphatic carbocycles. The van der Waals surface area contributed by atoms with Gasteiger partial charge in [-0.2, -0.15) is 5.26 Å². The van der Waals surface area contributed by atoms with Crippen LogP contribution < -0.4 is 4.74 Å². The molecule has 88 valence electrons. The zero-order valence-electron chi connectivity index (χ0n) is 9.33. The third kappa shape index (κ3) is 4.34. The molecule has 1 heterocycles. The topological polar surface area (TPSA) is 83.2 Å². The summed E-state index contributed by atoms with van der Waals surface area (Å²) >= 11 is 0. The zero-order chi connectivity index (χ0) is 12.7. The van der Waals surface area contributed by atoms with Crippen molar-refractivity contribution in [3.05, 3.63) is 30.1 Å². The Bertz CT molecular complexity index is 446. The molecule has 0 radical (unpaired) electrons. The third-order valence-corrected chi connectivity index (χ3v) is 1.95. The average Bonchev–Trinajstić information content (AvgIpc) is 2.34. The predicted molar refractivity (Wildman–Crippen MR) is 61.2 cm³/mol. The summed E-state index contributed by atoms with van der Waals surface area (Å²) in [5.41, 5.74) is 0.518. The number of carboxylic acids is 1. The molecule has 5 heteroatoms. The standard InChI is InChI=1S/C12H12N2O3/c1-2-10(7-13)17-11-5-3-9(14-8-11)4-6-12(15)16/h3-6,8,10H,2H2,1H3,(H,15,16). The first-order valence-corrected chi connectivity index (χ1v) is 5.09. The van der Waals surface area contributed by atoms with Crippen molar-refractivity contribution in [1.82, 2.24) is 4.98 Å². The van der Waals surface area contributed by atoms with Gasteiger partial charge >= 0.3 is 5.97 Å². The van der Waals surface area contributed by atoms with Crippen molar-refractivity contribution < 1.29 is 14.6 Å². The van der Waals surface area contributed by atoms with Gasteiger partial charge in [-0.15, -0.1) is 0 Å². The normalized spacial score (nSPS) is 12.0. The fraction of sp³-hybridized carbons (Fsp3) is 0.250. The van der Waals surface area contributed by atoms with Crippen LogP contribution in [0.2, 0.25) is 0 Å². The van der Waals surface area contributed by atoms with Gasteiger partial charge in [0.1, 0.15) is 11.8 Å². The zero-order valence-corrected chi connectivity index (χ0v) is 9.33. The van der Waals surface area contributed by atoms with Gasteiger partial charge in [-0.3, -0.25) is 4.98 Å². The van der Waals surface area contributed by atoms with E-state index < -0.39 is 12.1 Å². The fourth-order valence-electron chi connectivity index (χ4n) is 1.08. The van der Waals surface area contributed by atoms with Gasteiger partial charge in [-0.25, -0.2) is 4.79 Å². The van der Waals surface area contributed by atoms with E-state index in [0.29, 0.717) is 17.9 Å². The van der Waals surface area contributed by atoms with E-state index in [9.17, 15) is 4.79 Å². The highest BCUT2D eigenvalue weighted by Crippen LogP contribution is 2.13. The Labute approximate surface area is 99.0 Å². The molecule has 0 saturated carbocycles. The minimum absolute atomic E-state index is 0.489. The van der Waals surface area contributed by atoms with Crippen molar-refractivity contribution >= 4 is 12.0 Å². The van der Waals surface area contributed by atoms with Crippen molar-refractivity contribution in [3.8, 4) is 11.8 Å². The number of carbonyl (C=O) groups is 1. The lowest BCUT2D eigenvalue weighted by molar-refractivity contribution is -0.131. The molecule has 0 amide bonds. The van der Waals surface area contributed by atoms with Crippen LogP contribution in [-0.2, 0) is 4.79 Å². The minimum Gasteiger partial charge on any atom is -0.478 e. The number of carboxylic acid groups (broad SMARTS) is 1. The van der Waals surface area contributed by atoms with E-state index in [0.717, 1.165) is 6.08 Å². The minimum atomic E-state index is -1.03. The van der Waals surface area contributed by atoms with Crippen molar-refractivity contribution in [1.29, 1.82) is 5.26 Å². The molecule has 1 aromatic rings. The van der Waals surface area contributed by atoms with Gasteiger partial charge in [0.05, 0.1) is 11.9 Å². The number of aliphatic carboxylic acids is 1. The second kappa shape index (κ2) is 6.28. The molecule has 0 aliphatic heterocycles. The van der Waals surface area contributed by atoms with Gasteiger partial charge in [0.2, 0.25) is 0 Å². The lowest BCUT2D eigenvalue weighted by Crippen LogP contribution is -2.12. The summed E-state index contributed by atoms with van der Waals surface area (Å²) in [7, 11) is 0. The monoisotopic (exact) mass is 232 g/mol. The molecule has 17 heavy (non-hydrogen) atoms. The fourth-order valence-corrected chi connectivity index (χ4v) is 1.08. The van der Waals surface area contributed by atoms with Gasteiger partial charge in [-0.1, -0.05) is 6.92 Å². The number of hydrogen-bond acceptors (Lipinski definition) is 4. The maximum atomic E-state index is 10.3. The van der Waals surface area contributed by atoms with Gasteiger partial charge < -0.3 is 9.84 Å². The van der Waals surface area contributed by atoms with Crippen LogP contribution in [0.3, 0.4) is 0 Å². The van der Waals surface area contributed by atoms with E-state index in [1.165, 1.54) is 12.3 Å². The largest absolute Gasteiger partial charge is 0.478 e. The number of hydrogen-bond donors (Lipinski definition) is 1. The number of rotatable bonds is 5. The second-order valence-corrected chi connectivity index (χ2v) is 3.23. The van der Waals surface area contributed by atoms with Gasteiger partial charge in [0.25, 0.3) is 0 Å². The summed E-state index contributed by atoms with van der Waals surface area (Å²) in [5.74, 6) is -0.534. The number of pyridine rings is 1. The summed E-state index contributed by atoms with van der Waals surface area (Å²) in [4.78, 5) is 14.3. The van der Waals surface area contributed by atoms with Crippen LogP contribution >= 0.6 is 0 Å². The van der Waals surface area contributed by atoms with Crippen LogP contribution in [-0.4, -0.2) is 22.2 Å². The summed E-state index contributed by atoms with van der Waals surface area (Å²) in [6.45, 7) is 1.85. The SMILES string of the molecule is CCC(C#N)Oc1ccc(C=CC(=O)O)nc1. The Morgan fingerprint density at radius 3 is 2.94 bits per heavy atom. The molecule has 0 aliphatic rings. The van der Waals surface area contributed by atoms with Crippen LogP contribution in [0.1, 0.15) is 19.0 Å². The summed E-state index contributed by atoms with van der Waals surface area (Å²) in [6.07, 6.45) is 3.96. The van der Waals surface area contributed by atoms with E-state index in [-0.39, 0.29) is 0 Å². The number of ether oxygens (including phenoxy) is 1. The quantitative estimate of drug-likeness (QED) is 0.783. The van der Waals surface area contributed by atoms with Crippen LogP contribution in [0, 0.1) is 11.3 Å². The van der Waals surface area contributed by atoms with Crippen LogP contribution in [0.25, 0.3) is 6.08 Å². The van der Waals surface area contributed by atoms with Crippen molar-refractivity contribution in [3.63, 3.8) is 0 Å². The Morgan fingerprint density at radius 2 is 2.47 bits per heavy atom. The highest BCUT2D eigenvalue weighted by Gasteiger charge is 2.05. The maximum absolute atomic E-state index is 10.3. The summed E-state index contributed by atoms with van der Waals surface area (Å²) in [6, 6.07) is 5.28. The molecule has 1 unspecified atom stereocenters. The lowest BCUT2D eigenvalue weighted by Gasteiger charge is -2.09. The van der Waals surface area contributed by atoms with Crippen molar-refractivity contribution in [2.24, 2.45) is 0 Å². The molecule has 5 nitrogen and oxygen atoms in total. The summed E-state index contributed by atoms with van der Waals surface area (Å²) in [5, 5.41) is 17.2. The molecule has 0 spiro atoms. The molecule has 1 rings (SSSR count). The van der Waals surface area contributed by atoms with Crippen LogP contribution in [0.5, 0.6) is 5.75 Å². The maximum Gasteiger partial charge on any atom is 0.328 e. The number of nitrogens with zero attached hydrogens (tertiary/aromatic N) is 2. The first kappa shape index (κ1) is 12.7. The van der Waals surface area contributed by atoms with E-state index in [4.69, 9.17) is 15.1 Å². The van der Waals surface area contributed by atoms with Gasteiger partial charge in [-0.05, 0) is 24.6 Å². The van der Waals surface area contributed by atoms with E-state index >= 15 is 0 Å². The van der Waals surface area contributed by atoms with E-state index in [1.54, 1.807) is 12.1 Å². The molecule has 1 aromatic heterocycles. The Hall–Kier alpha value is -2.35. The Morgan fingerprint density at radius 1 is 1.71 bits per heavy atom. The molecule has 0 saturated heterocycles. The molecular weight excluding hydrogens is 220 g/mol. The van der Waals surface area contributed by atoms with E-state index in [1.807, 2.05) is 13.0 Å². The summed E-state index contributed by atoms with van der Waals surface area (Å²) < 4.78 is 5.33. The molecule has 1 atom stereocenters. The van der Waals surface area contributed by atoms with Crippen molar-refractivity contribution in [2.75, 3.05) is 0 Å². The first-order chi connectivity index (χ1) is 8.15. The molecule has 1 N–H and O–H groups in total. The molecular formula is C12H12N2O3. The Balaban J connectivity index is 2.68. The van der Waals surface area contributed by atoms with Crippen LogP contribution in [0.4, 0.5) is 0 Å². The third-order valence-electron chi connectivity index (χ3n) is 1.95. The molecule has 0 bridgehead atoms. The highest BCUT2D eigenvalue weighted by molar-refractivity contribution is 5.84. The molecule has 0 aromatic carbocycles. The highest BCUT2D eigenvalue weighted by atomic mass is 16.5. The predicted octanol–water partition coefficient (Wildman–Crippen LogP) is 1.86. The van der Waals surface area contributed by atoms with Crippen molar-refractivity contribution in [2.45, 2.75) is 19.4 Å². The Kier molecular flexibility index (Phi) is 4.70.